The molecule has 2 heterocycles. The molecule has 168 valence electrons. The van der Waals surface area contributed by atoms with Crippen LogP contribution in [-0.2, 0) is 4.79 Å². The van der Waals surface area contributed by atoms with Gasteiger partial charge in [-0.05, 0) is 50.1 Å². The number of nitrogens with one attached hydrogen (secondary N) is 1. The summed E-state index contributed by atoms with van der Waals surface area (Å²) in [5.74, 6) is 2.22. The van der Waals surface area contributed by atoms with Crippen LogP contribution in [0.15, 0.2) is 32.9 Å². The Morgan fingerprint density at radius 3 is 2.53 bits per heavy atom. The van der Waals surface area contributed by atoms with Crippen LogP contribution in [0.25, 0.3) is 5.69 Å². The maximum absolute atomic E-state index is 12.8. The maximum atomic E-state index is 12.8. The number of unbranched alkanes of at least 4 members (excludes halogenated alkanes) is 1. The predicted octanol–water partition coefficient (Wildman–Crippen LogP) is 5.45. The lowest BCUT2D eigenvalue weighted by Crippen LogP contribution is -2.17. The molecular formula is C22H25N5O2S3. The van der Waals surface area contributed by atoms with E-state index in [1.165, 1.54) is 23.1 Å². The van der Waals surface area contributed by atoms with Gasteiger partial charge in [0.05, 0.1) is 18.4 Å². The van der Waals surface area contributed by atoms with Gasteiger partial charge in [-0.15, -0.1) is 10.2 Å². The van der Waals surface area contributed by atoms with Gasteiger partial charge < -0.3 is 10.1 Å². The van der Waals surface area contributed by atoms with Gasteiger partial charge in [-0.2, -0.15) is 5.26 Å². The number of thioether (sulfide) groups is 2. The van der Waals surface area contributed by atoms with Crippen molar-refractivity contribution in [1.82, 2.24) is 14.8 Å². The number of nitriles is 1. The van der Waals surface area contributed by atoms with Gasteiger partial charge in [0, 0.05) is 17.1 Å². The van der Waals surface area contributed by atoms with E-state index in [9.17, 15) is 10.1 Å². The molecule has 0 fully saturated rings. The molecule has 0 aliphatic heterocycles. The number of nitrogens with zero attached hydrogens (tertiary/aromatic N) is 4. The van der Waals surface area contributed by atoms with Crippen molar-refractivity contribution in [2.24, 2.45) is 0 Å². The standard InChI is InChI=1S/C22H25N5O2S3/c1-5-6-11-30-21-25-26-22(32-21)31-13-19(28)24-20-18(12-23)14(2)15(3)27(20)16-7-9-17(29-4)10-8-16/h7-10H,5-6,11,13H2,1-4H3,(H,24,28). The van der Waals surface area contributed by atoms with E-state index in [1.807, 2.05) is 42.7 Å². The smallest absolute Gasteiger partial charge is 0.235 e. The molecule has 1 N–H and O–H groups in total. The second kappa shape index (κ2) is 11.4. The largest absolute Gasteiger partial charge is 0.497 e. The molecular weight excluding hydrogens is 462 g/mol. The van der Waals surface area contributed by atoms with Crippen LogP contribution < -0.4 is 10.1 Å². The van der Waals surface area contributed by atoms with Crippen molar-refractivity contribution in [3.8, 4) is 17.5 Å². The Kier molecular flexibility index (Phi) is 8.61. The molecule has 0 spiro atoms. The highest BCUT2D eigenvalue weighted by molar-refractivity contribution is 8.03. The summed E-state index contributed by atoms with van der Waals surface area (Å²) in [5.41, 5.74) is 3.03. The van der Waals surface area contributed by atoms with Crippen LogP contribution in [0.5, 0.6) is 5.75 Å². The van der Waals surface area contributed by atoms with Gasteiger partial charge in [0.2, 0.25) is 5.91 Å². The number of rotatable bonds is 10. The number of methoxy groups -OCH3 is 1. The summed E-state index contributed by atoms with van der Waals surface area (Å²) in [6.45, 7) is 5.98. The summed E-state index contributed by atoms with van der Waals surface area (Å²) in [6, 6.07) is 9.73. The number of benzene rings is 1. The fraction of sp³-hybridized carbons (Fsp3) is 0.364. The van der Waals surface area contributed by atoms with Crippen molar-refractivity contribution >= 4 is 46.6 Å². The number of hydrogen-bond acceptors (Lipinski definition) is 8. The van der Waals surface area contributed by atoms with Gasteiger partial charge in [0.25, 0.3) is 0 Å². The average Bonchev–Trinajstić information content (AvgIpc) is 3.35. The van der Waals surface area contributed by atoms with Crippen LogP contribution in [-0.4, -0.2) is 39.3 Å². The Hall–Kier alpha value is -2.48. The van der Waals surface area contributed by atoms with Crippen LogP contribution in [0.3, 0.4) is 0 Å². The van der Waals surface area contributed by atoms with E-state index in [0.717, 1.165) is 50.0 Å². The lowest BCUT2D eigenvalue weighted by molar-refractivity contribution is -0.113. The zero-order chi connectivity index (χ0) is 23.1. The molecule has 0 unspecified atom stereocenters. The highest BCUT2D eigenvalue weighted by Gasteiger charge is 2.21. The maximum Gasteiger partial charge on any atom is 0.235 e. The molecule has 0 saturated heterocycles. The van der Waals surface area contributed by atoms with Crippen molar-refractivity contribution < 1.29 is 9.53 Å². The molecule has 0 radical (unpaired) electrons. The molecule has 0 saturated carbocycles. The highest BCUT2D eigenvalue weighted by atomic mass is 32.2. The molecule has 10 heteroatoms. The van der Waals surface area contributed by atoms with E-state index in [1.54, 1.807) is 18.9 Å². The Labute approximate surface area is 200 Å². The minimum atomic E-state index is -0.200. The van der Waals surface area contributed by atoms with E-state index in [2.05, 4.69) is 28.5 Å². The number of carbonyl (C=O) groups excluding carboxylic acids is 1. The fourth-order valence-corrected chi connectivity index (χ4v) is 6.00. The quantitative estimate of drug-likeness (QED) is 0.300. The minimum Gasteiger partial charge on any atom is -0.497 e. The number of aromatic nitrogens is 3. The van der Waals surface area contributed by atoms with Crippen LogP contribution in [0.4, 0.5) is 5.82 Å². The Balaban J connectivity index is 1.74. The van der Waals surface area contributed by atoms with E-state index in [-0.39, 0.29) is 11.7 Å². The van der Waals surface area contributed by atoms with E-state index in [4.69, 9.17) is 4.74 Å². The SMILES string of the molecule is CCCCSc1nnc(SCC(=O)Nc2c(C#N)c(C)c(C)n2-c2ccc(OC)cc2)s1. The van der Waals surface area contributed by atoms with Gasteiger partial charge in [0.15, 0.2) is 8.68 Å². The van der Waals surface area contributed by atoms with Gasteiger partial charge in [-0.25, -0.2) is 0 Å². The predicted molar refractivity (Wildman–Crippen MR) is 131 cm³/mol. The van der Waals surface area contributed by atoms with Crippen molar-refractivity contribution in [3.05, 3.63) is 41.1 Å². The molecule has 0 bridgehead atoms. The zero-order valence-corrected chi connectivity index (χ0v) is 20.9. The molecule has 0 atom stereocenters. The van der Waals surface area contributed by atoms with Crippen LogP contribution in [0.1, 0.15) is 36.6 Å². The molecule has 1 amide bonds. The molecule has 3 rings (SSSR count). The summed E-state index contributed by atoms with van der Waals surface area (Å²) < 4.78 is 8.82. The number of anilines is 1. The van der Waals surface area contributed by atoms with Gasteiger partial charge in [0.1, 0.15) is 17.6 Å². The number of ether oxygens (including phenoxy) is 1. The summed E-state index contributed by atoms with van der Waals surface area (Å²) in [5, 5.41) is 21.0. The van der Waals surface area contributed by atoms with Gasteiger partial charge in [-0.3, -0.25) is 9.36 Å². The zero-order valence-electron chi connectivity index (χ0n) is 18.5. The first kappa shape index (κ1) is 24.2. The van der Waals surface area contributed by atoms with Crippen molar-refractivity contribution in [2.45, 2.75) is 42.3 Å². The third kappa shape index (κ3) is 5.65. The van der Waals surface area contributed by atoms with E-state index < -0.39 is 0 Å². The normalized spacial score (nSPS) is 10.7. The molecule has 0 aliphatic rings. The van der Waals surface area contributed by atoms with Crippen molar-refractivity contribution in [3.63, 3.8) is 0 Å². The Morgan fingerprint density at radius 2 is 1.91 bits per heavy atom. The molecule has 32 heavy (non-hydrogen) atoms. The molecule has 1 aromatic carbocycles. The lowest BCUT2D eigenvalue weighted by Gasteiger charge is -2.13. The Bertz CT molecular complexity index is 1120. The molecule has 3 aromatic rings. The lowest BCUT2D eigenvalue weighted by atomic mass is 10.2. The highest BCUT2D eigenvalue weighted by Crippen LogP contribution is 2.32. The Morgan fingerprint density at radius 1 is 1.22 bits per heavy atom. The third-order valence-corrected chi connectivity index (χ3v) is 8.13. The summed E-state index contributed by atoms with van der Waals surface area (Å²) in [7, 11) is 1.61. The van der Waals surface area contributed by atoms with Crippen molar-refractivity contribution in [1.29, 1.82) is 5.26 Å². The summed E-state index contributed by atoms with van der Waals surface area (Å²) in [4.78, 5) is 12.8. The number of hydrogen-bond donors (Lipinski definition) is 1. The first-order valence-corrected chi connectivity index (χ1v) is 12.9. The first-order valence-electron chi connectivity index (χ1n) is 10.1. The second-order valence-electron chi connectivity index (χ2n) is 6.95. The monoisotopic (exact) mass is 487 g/mol. The second-order valence-corrected chi connectivity index (χ2v) is 10.5. The van der Waals surface area contributed by atoms with E-state index >= 15 is 0 Å². The minimum absolute atomic E-state index is 0.186. The topological polar surface area (TPSA) is 92.8 Å². The molecule has 7 nitrogen and oxygen atoms in total. The fourth-order valence-electron chi connectivity index (χ4n) is 3.03. The molecule has 2 aromatic heterocycles. The average molecular weight is 488 g/mol. The summed E-state index contributed by atoms with van der Waals surface area (Å²) in [6.07, 6.45) is 2.29. The van der Waals surface area contributed by atoms with E-state index in [0.29, 0.717) is 11.4 Å². The van der Waals surface area contributed by atoms with Crippen molar-refractivity contribution in [2.75, 3.05) is 23.9 Å². The van der Waals surface area contributed by atoms with Gasteiger partial charge >= 0.3 is 0 Å². The number of carbonyl (C=O) groups is 1. The number of amides is 1. The van der Waals surface area contributed by atoms with Crippen LogP contribution >= 0.6 is 34.9 Å². The van der Waals surface area contributed by atoms with Crippen LogP contribution in [0.2, 0.25) is 0 Å². The third-order valence-electron chi connectivity index (χ3n) is 4.85. The van der Waals surface area contributed by atoms with Gasteiger partial charge in [-0.1, -0.05) is 48.2 Å². The molecule has 0 aliphatic carbocycles. The first-order chi connectivity index (χ1) is 15.5. The van der Waals surface area contributed by atoms with Crippen LogP contribution in [0, 0.1) is 25.2 Å². The summed E-state index contributed by atoms with van der Waals surface area (Å²) >= 11 is 4.55.